The van der Waals surface area contributed by atoms with Crippen LogP contribution in [0.25, 0.3) is 0 Å². The number of carbonyl (C=O) groups excluding carboxylic acids is 1. The molecule has 1 saturated heterocycles. The van der Waals surface area contributed by atoms with Gasteiger partial charge in [-0.1, -0.05) is 42.5 Å². The summed E-state index contributed by atoms with van der Waals surface area (Å²) < 4.78 is 11.6. The first-order valence-electron chi connectivity index (χ1n) is 11.4. The Morgan fingerprint density at radius 1 is 1.19 bits per heavy atom. The van der Waals surface area contributed by atoms with E-state index in [-0.39, 0.29) is 18.1 Å². The molecule has 5 nitrogen and oxygen atoms in total. The van der Waals surface area contributed by atoms with Crippen LogP contribution < -0.4 is 15.4 Å². The van der Waals surface area contributed by atoms with Crippen molar-refractivity contribution in [3.8, 4) is 5.75 Å². The van der Waals surface area contributed by atoms with Crippen LogP contribution in [0.3, 0.4) is 0 Å². The molecule has 0 bridgehead atoms. The van der Waals surface area contributed by atoms with Crippen LogP contribution in [0.1, 0.15) is 59.6 Å². The normalized spacial score (nSPS) is 26.1. The maximum Gasteiger partial charge on any atom is 0.253 e. The van der Waals surface area contributed by atoms with E-state index in [1.54, 1.807) is 0 Å². The number of hydrogen-bond donors (Lipinski definition) is 2. The number of ether oxygens (including phenoxy) is 2. The number of carbonyl (C=O) groups is 1. The predicted molar refractivity (Wildman–Crippen MR) is 122 cm³/mol. The quantitative estimate of drug-likeness (QED) is 0.661. The summed E-state index contributed by atoms with van der Waals surface area (Å²) in [5, 5.41) is 6.84. The average Bonchev–Trinajstić information content (AvgIpc) is 3.49. The highest BCUT2D eigenvalue weighted by Gasteiger charge is 2.40. The molecular formula is C26H30N2O3. The molecule has 3 aliphatic rings. The van der Waals surface area contributed by atoms with E-state index in [0.717, 1.165) is 42.9 Å². The van der Waals surface area contributed by atoms with Gasteiger partial charge in [0.05, 0.1) is 30.0 Å². The molecule has 1 aliphatic carbocycles. The van der Waals surface area contributed by atoms with Gasteiger partial charge in [0, 0.05) is 24.6 Å². The minimum absolute atomic E-state index is 0.0443. The van der Waals surface area contributed by atoms with Crippen LogP contribution in [-0.2, 0) is 4.74 Å². The van der Waals surface area contributed by atoms with E-state index in [0.29, 0.717) is 30.6 Å². The standard InChI is InChI=1S/C26H30N2O3/c1-2-30-23-14-4-3-9-21(23)24-19-11-5-10-18(19)20-12-6-13-22(25(20)28-24)26(29)27-16-17-8-7-15-31-17/h3-6,9-10,12-14,17-19,24,28H,2,7-8,11,15-16H2,1H3,(H,27,29). The first-order chi connectivity index (χ1) is 15.3. The second kappa shape index (κ2) is 8.75. The maximum atomic E-state index is 13.1. The Labute approximate surface area is 183 Å². The summed E-state index contributed by atoms with van der Waals surface area (Å²) in [4.78, 5) is 13.1. The number of fused-ring (bicyclic) bond motifs is 3. The number of nitrogens with one attached hydrogen (secondary N) is 2. The smallest absolute Gasteiger partial charge is 0.253 e. The minimum atomic E-state index is -0.0443. The van der Waals surface area contributed by atoms with Crippen molar-refractivity contribution in [3.05, 3.63) is 71.3 Å². The summed E-state index contributed by atoms with van der Waals surface area (Å²) in [6.07, 6.45) is 7.79. The van der Waals surface area contributed by atoms with Gasteiger partial charge in [-0.2, -0.15) is 0 Å². The molecule has 0 aromatic heterocycles. The topological polar surface area (TPSA) is 59.6 Å². The van der Waals surface area contributed by atoms with E-state index < -0.39 is 0 Å². The second-order valence-electron chi connectivity index (χ2n) is 8.56. The third-order valence-corrected chi connectivity index (χ3v) is 6.71. The van der Waals surface area contributed by atoms with Crippen LogP contribution in [0.15, 0.2) is 54.6 Å². The van der Waals surface area contributed by atoms with Crippen LogP contribution in [0.5, 0.6) is 5.75 Å². The molecule has 0 radical (unpaired) electrons. The zero-order chi connectivity index (χ0) is 21.2. The van der Waals surface area contributed by atoms with E-state index in [4.69, 9.17) is 9.47 Å². The molecule has 162 valence electrons. The molecule has 4 atom stereocenters. The average molecular weight is 419 g/mol. The number of benzene rings is 2. The largest absolute Gasteiger partial charge is 0.494 e. The third-order valence-electron chi connectivity index (χ3n) is 6.71. The molecule has 1 amide bonds. The van der Waals surface area contributed by atoms with Crippen molar-refractivity contribution in [3.63, 3.8) is 0 Å². The summed E-state index contributed by atoms with van der Waals surface area (Å²) in [6.45, 7) is 3.99. The van der Waals surface area contributed by atoms with Crippen LogP contribution in [0.4, 0.5) is 5.69 Å². The van der Waals surface area contributed by atoms with Crippen LogP contribution in [-0.4, -0.2) is 31.8 Å². The molecule has 2 aliphatic heterocycles. The van der Waals surface area contributed by atoms with Crippen molar-refractivity contribution >= 4 is 11.6 Å². The predicted octanol–water partition coefficient (Wildman–Crippen LogP) is 4.82. The monoisotopic (exact) mass is 418 g/mol. The van der Waals surface area contributed by atoms with Crippen LogP contribution in [0.2, 0.25) is 0 Å². The van der Waals surface area contributed by atoms with Crippen molar-refractivity contribution < 1.29 is 14.3 Å². The summed E-state index contributed by atoms with van der Waals surface area (Å²) in [5.74, 6) is 1.56. The summed E-state index contributed by atoms with van der Waals surface area (Å²) in [6, 6.07) is 14.4. The molecular weight excluding hydrogens is 388 g/mol. The van der Waals surface area contributed by atoms with Crippen molar-refractivity contribution in [1.82, 2.24) is 5.32 Å². The Morgan fingerprint density at radius 2 is 2.06 bits per heavy atom. The summed E-state index contributed by atoms with van der Waals surface area (Å²) in [5.41, 5.74) is 4.00. The molecule has 2 N–H and O–H groups in total. The van der Waals surface area contributed by atoms with Crippen LogP contribution in [0, 0.1) is 5.92 Å². The molecule has 4 unspecified atom stereocenters. The maximum absolute atomic E-state index is 13.1. The van der Waals surface area contributed by atoms with E-state index >= 15 is 0 Å². The van der Waals surface area contributed by atoms with Gasteiger partial charge in [-0.05, 0) is 49.8 Å². The molecule has 0 spiro atoms. The van der Waals surface area contributed by atoms with Gasteiger partial charge in [-0.25, -0.2) is 0 Å². The van der Waals surface area contributed by atoms with Crippen molar-refractivity contribution in [2.45, 2.75) is 44.2 Å². The highest BCUT2D eigenvalue weighted by atomic mass is 16.5. The molecule has 5 heteroatoms. The van der Waals surface area contributed by atoms with E-state index in [2.05, 4.69) is 41.0 Å². The lowest BCUT2D eigenvalue weighted by atomic mass is 9.76. The first kappa shape index (κ1) is 20.1. The van der Waals surface area contributed by atoms with Gasteiger partial charge in [0.25, 0.3) is 5.91 Å². The van der Waals surface area contributed by atoms with Gasteiger partial charge in [-0.3, -0.25) is 4.79 Å². The molecule has 0 saturated carbocycles. The zero-order valence-corrected chi connectivity index (χ0v) is 18.0. The number of hydrogen-bond acceptors (Lipinski definition) is 4. The fraction of sp³-hybridized carbons (Fsp3) is 0.423. The lowest BCUT2D eigenvalue weighted by molar-refractivity contribution is 0.0858. The zero-order valence-electron chi connectivity index (χ0n) is 18.0. The minimum Gasteiger partial charge on any atom is -0.494 e. The Hall–Kier alpha value is -2.79. The Morgan fingerprint density at radius 3 is 2.90 bits per heavy atom. The van der Waals surface area contributed by atoms with Gasteiger partial charge in [0.1, 0.15) is 5.75 Å². The van der Waals surface area contributed by atoms with Crippen LogP contribution >= 0.6 is 0 Å². The Bertz CT molecular complexity index is 980. The second-order valence-corrected chi connectivity index (χ2v) is 8.56. The van der Waals surface area contributed by atoms with Crippen molar-refractivity contribution in [1.29, 1.82) is 0 Å². The van der Waals surface area contributed by atoms with Gasteiger partial charge in [0.2, 0.25) is 0 Å². The fourth-order valence-electron chi connectivity index (χ4n) is 5.25. The van der Waals surface area contributed by atoms with Gasteiger partial charge in [-0.15, -0.1) is 0 Å². The number of para-hydroxylation sites is 2. The molecule has 1 fully saturated rings. The first-order valence-corrected chi connectivity index (χ1v) is 11.4. The summed E-state index contributed by atoms with van der Waals surface area (Å²) in [7, 11) is 0. The van der Waals surface area contributed by atoms with Gasteiger partial charge in [0.15, 0.2) is 0 Å². The van der Waals surface area contributed by atoms with E-state index in [1.807, 2.05) is 31.2 Å². The molecule has 2 aromatic rings. The third kappa shape index (κ3) is 3.83. The molecule has 31 heavy (non-hydrogen) atoms. The highest BCUT2D eigenvalue weighted by Crippen LogP contribution is 2.51. The number of allylic oxidation sites excluding steroid dienone is 2. The van der Waals surface area contributed by atoms with Crippen molar-refractivity contribution in [2.75, 3.05) is 25.1 Å². The Balaban J connectivity index is 1.47. The van der Waals surface area contributed by atoms with E-state index in [1.165, 1.54) is 5.56 Å². The van der Waals surface area contributed by atoms with Gasteiger partial charge >= 0.3 is 0 Å². The van der Waals surface area contributed by atoms with E-state index in [9.17, 15) is 4.79 Å². The molecule has 5 rings (SSSR count). The number of amides is 1. The van der Waals surface area contributed by atoms with Crippen molar-refractivity contribution in [2.24, 2.45) is 5.92 Å². The molecule has 2 aromatic carbocycles. The highest BCUT2D eigenvalue weighted by molar-refractivity contribution is 6.00. The molecule has 2 heterocycles. The fourth-order valence-corrected chi connectivity index (χ4v) is 5.25. The summed E-state index contributed by atoms with van der Waals surface area (Å²) >= 11 is 0. The SMILES string of the molecule is CCOc1ccccc1C1Nc2c(C(=O)NCC3CCCO3)cccc2C2C=CCC21. The lowest BCUT2D eigenvalue weighted by Crippen LogP contribution is -2.34. The Kier molecular flexibility index (Phi) is 5.68. The lowest BCUT2D eigenvalue weighted by Gasteiger charge is -2.38. The number of rotatable bonds is 6. The number of anilines is 1. The van der Waals surface area contributed by atoms with Gasteiger partial charge < -0.3 is 20.1 Å².